The van der Waals surface area contributed by atoms with Crippen molar-refractivity contribution in [2.24, 2.45) is 0 Å². The van der Waals surface area contributed by atoms with Crippen LogP contribution < -0.4 is 4.90 Å². The van der Waals surface area contributed by atoms with Crippen LogP contribution in [0.15, 0.2) is 29.2 Å². The summed E-state index contributed by atoms with van der Waals surface area (Å²) in [6, 6.07) is 7.32. The van der Waals surface area contributed by atoms with Gasteiger partial charge < -0.3 is 4.90 Å². The van der Waals surface area contributed by atoms with Gasteiger partial charge in [-0.15, -0.1) is 11.6 Å². The summed E-state index contributed by atoms with van der Waals surface area (Å²) < 4.78 is 24.2. The van der Waals surface area contributed by atoms with E-state index in [4.69, 9.17) is 11.6 Å². The summed E-state index contributed by atoms with van der Waals surface area (Å²) in [6.07, 6.45) is 0. The molecule has 0 fully saturated rings. The average molecular weight is 290 g/mol. The molecule has 3 nitrogen and oxygen atoms in total. The minimum atomic E-state index is -3.21. The van der Waals surface area contributed by atoms with Crippen molar-refractivity contribution in [3.8, 4) is 0 Å². The third kappa shape index (κ3) is 3.39. The van der Waals surface area contributed by atoms with Crippen molar-refractivity contribution < 1.29 is 8.42 Å². The number of hydrogen-bond donors (Lipinski definition) is 0. The third-order valence-electron chi connectivity index (χ3n) is 2.84. The molecule has 0 aromatic heterocycles. The molecule has 0 saturated carbocycles. The molecule has 0 spiro atoms. The number of nitrogens with zero attached hydrogens (tertiary/aromatic N) is 1. The largest absolute Gasteiger partial charge is 0.367 e. The summed E-state index contributed by atoms with van der Waals surface area (Å²) in [7, 11) is -3.21. The minimum Gasteiger partial charge on any atom is -0.367 e. The van der Waals surface area contributed by atoms with Gasteiger partial charge in [0.25, 0.3) is 0 Å². The van der Waals surface area contributed by atoms with Gasteiger partial charge in [-0.3, -0.25) is 0 Å². The summed E-state index contributed by atoms with van der Waals surface area (Å²) in [4.78, 5) is 2.42. The standard InChI is InChI=1S/C13H20ClNO2S/c1-4-18(16,17)13-8-6-5-7-12(13)15(10-9-14)11(2)3/h5-8,11H,4,9-10H2,1-3H3. The molecule has 0 bridgehead atoms. The fourth-order valence-electron chi connectivity index (χ4n) is 1.86. The van der Waals surface area contributed by atoms with Gasteiger partial charge in [-0.25, -0.2) is 8.42 Å². The Morgan fingerprint density at radius 1 is 1.28 bits per heavy atom. The summed E-state index contributed by atoms with van der Waals surface area (Å²) in [5.74, 6) is 0.579. The molecule has 0 aliphatic carbocycles. The Hall–Kier alpha value is -0.740. The Morgan fingerprint density at radius 3 is 2.39 bits per heavy atom. The summed E-state index contributed by atoms with van der Waals surface area (Å²) >= 11 is 5.80. The van der Waals surface area contributed by atoms with E-state index in [1.807, 2.05) is 30.9 Å². The third-order valence-corrected chi connectivity index (χ3v) is 4.78. The number of alkyl halides is 1. The van der Waals surface area contributed by atoms with E-state index in [9.17, 15) is 8.42 Å². The Balaban J connectivity index is 3.31. The minimum absolute atomic E-state index is 0.108. The van der Waals surface area contributed by atoms with E-state index < -0.39 is 9.84 Å². The zero-order valence-electron chi connectivity index (χ0n) is 11.1. The molecule has 1 aromatic carbocycles. The maximum absolute atomic E-state index is 12.1. The van der Waals surface area contributed by atoms with Crippen LogP contribution in [0.2, 0.25) is 0 Å². The first-order valence-electron chi connectivity index (χ1n) is 6.08. The molecule has 0 N–H and O–H groups in total. The highest BCUT2D eigenvalue weighted by Gasteiger charge is 2.21. The van der Waals surface area contributed by atoms with Gasteiger partial charge in [0.2, 0.25) is 0 Å². The predicted molar refractivity (Wildman–Crippen MR) is 77.4 cm³/mol. The Labute approximate surface area is 115 Å². The molecule has 102 valence electrons. The molecule has 1 rings (SSSR count). The lowest BCUT2D eigenvalue weighted by Crippen LogP contribution is -2.33. The van der Waals surface area contributed by atoms with Crippen LogP contribution in [0.5, 0.6) is 0 Å². The van der Waals surface area contributed by atoms with Crippen molar-refractivity contribution in [3.05, 3.63) is 24.3 Å². The molecule has 0 unspecified atom stereocenters. The van der Waals surface area contributed by atoms with Gasteiger partial charge in [0.15, 0.2) is 9.84 Å². The molecule has 0 atom stereocenters. The van der Waals surface area contributed by atoms with E-state index in [-0.39, 0.29) is 11.8 Å². The van der Waals surface area contributed by atoms with Gasteiger partial charge >= 0.3 is 0 Å². The Morgan fingerprint density at radius 2 is 1.89 bits per heavy atom. The van der Waals surface area contributed by atoms with Crippen molar-refractivity contribution in [1.29, 1.82) is 0 Å². The number of hydrogen-bond acceptors (Lipinski definition) is 3. The number of sulfone groups is 1. The second kappa shape index (κ2) is 6.43. The highest BCUT2D eigenvalue weighted by molar-refractivity contribution is 7.91. The lowest BCUT2D eigenvalue weighted by molar-refractivity contribution is 0.596. The van der Waals surface area contributed by atoms with Crippen molar-refractivity contribution in [1.82, 2.24) is 0 Å². The highest BCUT2D eigenvalue weighted by Crippen LogP contribution is 2.27. The molecule has 0 heterocycles. The van der Waals surface area contributed by atoms with E-state index in [0.717, 1.165) is 5.69 Å². The van der Waals surface area contributed by atoms with Crippen LogP contribution in [0.3, 0.4) is 0 Å². The van der Waals surface area contributed by atoms with Crippen LogP contribution in [-0.4, -0.2) is 32.6 Å². The van der Waals surface area contributed by atoms with E-state index in [0.29, 0.717) is 17.3 Å². The van der Waals surface area contributed by atoms with Crippen molar-refractivity contribution >= 4 is 27.1 Å². The molecular weight excluding hydrogens is 270 g/mol. The normalized spacial score (nSPS) is 11.8. The van der Waals surface area contributed by atoms with Crippen LogP contribution in [0.1, 0.15) is 20.8 Å². The lowest BCUT2D eigenvalue weighted by Gasteiger charge is -2.30. The SMILES string of the molecule is CCS(=O)(=O)c1ccccc1N(CCCl)C(C)C. The van der Waals surface area contributed by atoms with Gasteiger partial charge in [-0.1, -0.05) is 19.1 Å². The van der Waals surface area contributed by atoms with Crippen LogP contribution >= 0.6 is 11.6 Å². The predicted octanol–water partition coefficient (Wildman–Crippen LogP) is 2.93. The lowest BCUT2D eigenvalue weighted by atomic mass is 10.2. The highest BCUT2D eigenvalue weighted by atomic mass is 35.5. The maximum Gasteiger partial charge on any atom is 0.180 e. The topological polar surface area (TPSA) is 37.4 Å². The average Bonchev–Trinajstić information content (AvgIpc) is 2.35. The monoisotopic (exact) mass is 289 g/mol. The van der Waals surface area contributed by atoms with E-state index >= 15 is 0 Å². The molecule has 0 saturated heterocycles. The van der Waals surface area contributed by atoms with Crippen molar-refractivity contribution in [3.63, 3.8) is 0 Å². The van der Waals surface area contributed by atoms with Gasteiger partial charge in [-0.05, 0) is 26.0 Å². The molecule has 0 amide bonds. The van der Waals surface area contributed by atoms with Gasteiger partial charge in [0.05, 0.1) is 16.3 Å². The second-order valence-electron chi connectivity index (χ2n) is 4.35. The molecule has 0 aliphatic heterocycles. The fourth-order valence-corrected chi connectivity index (χ4v) is 3.14. The quantitative estimate of drug-likeness (QED) is 0.756. The first kappa shape index (κ1) is 15.3. The number of halogens is 1. The molecule has 0 radical (unpaired) electrons. The number of anilines is 1. The summed E-state index contributed by atoms with van der Waals surface area (Å²) in [5, 5.41) is 0. The van der Waals surface area contributed by atoms with E-state index in [1.54, 1.807) is 19.1 Å². The fraction of sp³-hybridized carbons (Fsp3) is 0.538. The van der Waals surface area contributed by atoms with Crippen LogP contribution in [0.4, 0.5) is 5.69 Å². The molecule has 18 heavy (non-hydrogen) atoms. The van der Waals surface area contributed by atoms with E-state index in [2.05, 4.69) is 0 Å². The Kier molecular flexibility index (Phi) is 5.47. The van der Waals surface area contributed by atoms with E-state index in [1.165, 1.54) is 0 Å². The summed E-state index contributed by atoms with van der Waals surface area (Å²) in [5.41, 5.74) is 0.745. The first-order valence-corrected chi connectivity index (χ1v) is 8.27. The molecule has 1 aromatic rings. The van der Waals surface area contributed by atoms with Crippen molar-refractivity contribution in [2.75, 3.05) is 23.1 Å². The Bertz CT molecular complexity index is 486. The summed E-state index contributed by atoms with van der Waals surface area (Å²) in [6.45, 7) is 6.35. The number of para-hydroxylation sites is 1. The maximum atomic E-state index is 12.1. The number of rotatable bonds is 6. The second-order valence-corrected chi connectivity index (χ2v) is 6.97. The van der Waals surface area contributed by atoms with Crippen LogP contribution in [-0.2, 0) is 9.84 Å². The van der Waals surface area contributed by atoms with Gasteiger partial charge in [-0.2, -0.15) is 0 Å². The first-order chi connectivity index (χ1) is 8.44. The zero-order chi connectivity index (χ0) is 13.8. The zero-order valence-corrected chi connectivity index (χ0v) is 12.6. The smallest absolute Gasteiger partial charge is 0.180 e. The van der Waals surface area contributed by atoms with Gasteiger partial charge in [0.1, 0.15) is 0 Å². The molecule has 5 heteroatoms. The van der Waals surface area contributed by atoms with Crippen molar-refractivity contribution in [2.45, 2.75) is 31.7 Å². The van der Waals surface area contributed by atoms with Crippen LogP contribution in [0.25, 0.3) is 0 Å². The number of benzene rings is 1. The molecule has 0 aliphatic rings. The molecular formula is C13H20ClNO2S. The van der Waals surface area contributed by atoms with Gasteiger partial charge in [0, 0.05) is 18.5 Å². The van der Waals surface area contributed by atoms with Crippen LogP contribution in [0, 0.1) is 0 Å².